The molecule has 0 saturated heterocycles. The van der Waals surface area contributed by atoms with E-state index in [1.807, 2.05) is 18.2 Å². The smallest absolute Gasteiger partial charge is 0.314 e. The minimum atomic E-state index is -0.687. The molecule has 0 fully saturated rings. The molecule has 0 spiro atoms. The summed E-state index contributed by atoms with van der Waals surface area (Å²) in [5.74, 6) is 0.395. The van der Waals surface area contributed by atoms with Gasteiger partial charge in [-0.2, -0.15) is 0 Å². The lowest BCUT2D eigenvalue weighted by Gasteiger charge is -2.22. The summed E-state index contributed by atoms with van der Waals surface area (Å²) >= 11 is 3.38. The molecule has 0 aliphatic heterocycles. The summed E-state index contributed by atoms with van der Waals surface area (Å²) in [6.45, 7) is 4.18. The largest absolute Gasteiger partial charge is 0.492 e. The summed E-state index contributed by atoms with van der Waals surface area (Å²) < 4.78 is 11.3. The zero-order chi connectivity index (χ0) is 13.8. The minimum Gasteiger partial charge on any atom is -0.492 e. The van der Waals surface area contributed by atoms with E-state index in [-0.39, 0.29) is 12.6 Å². The molecule has 0 bridgehead atoms. The Morgan fingerprint density at radius 2 is 2.11 bits per heavy atom. The van der Waals surface area contributed by atoms with Crippen molar-refractivity contribution in [2.24, 2.45) is 11.1 Å². The zero-order valence-corrected chi connectivity index (χ0v) is 12.4. The van der Waals surface area contributed by atoms with Crippen LogP contribution >= 0.6 is 15.9 Å². The molecule has 1 aromatic carbocycles. The molecule has 0 aliphatic carbocycles. The van der Waals surface area contributed by atoms with Crippen molar-refractivity contribution in [1.82, 2.24) is 0 Å². The highest BCUT2D eigenvalue weighted by molar-refractivity contribution is 9.10. The molecule has 0 amide bonds. The lowest BCUT2D eigenvalue weighted by Crippen LogP contribution is -2.32. The van der Waals surface area contributed by atoms with E-state index in [9.17, 15) is 4.79 Å². The van der Waals surface area contributed by atoms with Gasteiger partial charge in [-0.3, -0.25) is 4.79 Å². The van der Waals surface area contributed by atoms with Crippen molar-refractivity contribution in [2.75, 3.05) is 13.7 Å². The van der Waals surface area contributed by atoms with Crippen LogP contribution in [-0.2, 0) is 16.1 Å². The van der Waals surface area contributed by atoms with Crippen LogP contribution in [0.4, 0.5) is 0 Å². The van der Waals surface area contributed by atoms with E-state index in [0.29, 0.717) is 12.3 Å². The Labute approximate surface area is 116 Å². The number of hydrogen-bond acceptors (Lipinski definition) is 4. The Hall–Kier alpha value is -1.07. The van der Waals surface area contributed by atoms with Gasteiger partial charge < -0.3 is 15.2 Å². The van der Waals surface area contributed by atoms with Crippen molar-refractivity contribution in [3.05, 3.63) is 28.2 Å². The fourth-order valence-corrected chi connectivity index (χ4v) is 1.85. The van der Waals surface area contributed by atoms with Crippen LogP contribution < -0.4 is 10.5 Å². The Bertz CT molecular complexity index is 432. The second-order valence-corrected chi connectivity index (χ2v) is 5.54. The van der Waals surface area contributed by atoms with E-state index in [2.05, 4.69) is 15.9 Å². The van der Waals surface area contributed by atoms with Gasteiger partial charge in [-0.1, -0.05) is 15.9 Å². The fraction of sp³-hybridized carbons (Fsp3) is 0.462. The second-order valence-electron chi connectivity index (χ2n) is 4.62. The molecule has 4 nitrogen and oxygen atoms in total. The molecule has 0 heterocycles. The number of methoxy groups -OCH3 is 1. The van der Waals surface area contributed by atoms with Gasteiger partial charge in [0.05, 0.1) is 12.5 Å². The maximum atomic E-state index is 11.5. The fourth-order valence-electron chi connectivity index (χ4n) is 1.44. The van der Waals surface area contributed by atoms with Crippen LogP contribution in [0.2, 0.25) is 0 Å². The number of benzene rings is 1. The molecule has 0 aromatic heterocycles. The molecular formula is C13H18BrNO3. The van der Waals surface area contributed by atoms with E-state index in [0.717, 1.165) is 10.0 Å². The van der Waals surface area contributed by atoms with Crippen molar-refractivity contribution < 1.29 is 14.3 Å². The zero-order valence-electron chi connectivity index (χ0n) is 10.8. The van der Waals surface area contributed by atoms with Crippen LogP contribution in [0, 0.1) is 5.41 Å². The Balaban J connectivity index is 2.77. The van der Waals surface area contributed by atoms with Crippen LogP contribution in [0.1, 0.15) is 19.4 Å². The maximum absolute atomic E-state index is 11.5. The number of carbonyl (C=O) groups is 1. The molecule has 0 atom stereocenters. The van der Waals surface area contributed by atoms with Crippen LogP contribution in [-0.4, -0.2) is 19.7 Å². The summed E-state index contributed by atoms with van der Waals surface area (Å²) in [4.78, 5) is 11.5. The predicted molar refractivity (Wildman–Crippen MR) is 73.3 cm³/mol. The molecule has 2 N–H and O–H groups in total. The van der Waals surface area contributed by atoms with Gasteiger partial charge in [0, 0.05) is 16.6 Å². The maximum Gasteiger partial charge on any atom is 0.314 e. The van der Waals surface area contributed by atoms with E-state index in [4.69, 9.17) is 15.2 Å². The van der Waals surface area contributed by atoms with E-state index in [1.165, 1.54) is 7.11 Å². The molecular weight excluding hydrogens is 298 g/mol. The minimum absolute atomic E-state index is 0.244. The third kappa shape index (κ3) is 3.71. The molecule has 0 aliphatic rings. The van der Waals surface area contributed by atoms with Crippen molar-refractivity contribution in [2.45, 2.75) is 20.4 Å². The highest BCUT2D eigenvalue weighted by atomic mass is 79.9. The van der Waals surface area contributed by atoms with E-state index >= 15 is 0 Å². The summed E-state index contributed by atoms with van der Waals surface area (Å²) in [5.41, 5.74) is 5.86. The predicted octanol–water partition coefficient (Wildman–Crippen LogP) is 2.49. The lowest BCUT2D eigenvalue weighted by atomic mass is 9.95. The first-order valence-electron chi connectivity index (χ1n) is 5.60. The number of carbonyl (C=O) groups excluding carboxylic acids is 1. The number of ether oxygens (including phenoxy) is 2. The second kappa shape index (κ2) is 6.20. The third-order valence-corrected chi connectivity index (χ3v) is 3.06. The van der Waals surface area contributed by atoms with Gasteiger partial charge in [0.1, 0.15) is 12.4 Å². The molecule has 0 saturated carbocycles. The highest BCUT2D eigenvalue weighted by Gasteiger charge is 2.29. The first-order valence-corrected chi connectivity index (χ1v) is 6.39. The van der Waals surface area contributed by atoms with Crippen molar-refractivity contribution in [1.29, 1.82) is 0 Å². The van der Waals surface area contributed by atoms with Gasteiger partial charge in [0.2, 0.25) is 0 Å². The Morgan fingerprint density at radius 3 is 2.67 bits per heavy atom. The van der Waals surface area contributed by atoms with E-state index in [1.54, 1.807) is 13.8 Å². The van der Waals surface area contributed by atoms with E-state index < -0.39 is 5.41 Å². The molecule has 0 radical (unpaired) electrons. The third-order valence-electron chi connectivity index (χ3n) is 2.57. The topological polar surface area (TPSA) is 61.5 Å². The standard InChI is InChI=1S/C13H18BrNO3/c1-13(2,12(16)17-3)8-18-11-5-4-10(14)6-9(11)7-15/h4-6H,7-8,15H2,1-3H3. The highest BCUT2D eigenvalue weighted by Crippen LogP contribution is 2.25. The first-order chi connectivity index (χ1) is 8.40. The van der Waals surface area contributed by atoms with Crippen LogP contribution in [0.5, 0.6) is 5.75 Å². The quantitative estimate of drug-likeness (QED) is 0.848. The van der Waals surface area contributed by atoms with Crippen molar-refractivity contribution >= 4 is 21.9 Å². The number of nitrogens with two attached hydrogens (primary N) is 1. The Morgan fingerprint density at radius 1 is 1.44 bits per heavy atom. The molecule has 18 heavy (non-hydrogen) atoms. The van der Waals surface area contributed by atoms with Gasteiger partial charge in [-0.05, 0) is 32.0 Å². The average molecular weight is 316 g/mol. The lowest BCUT2D eigenvalue weighted by molar-refractivity contribution is -0.152. The van der Waals surface area contributed by atoms with Crippen LogP contribution in [0.25, 0.3) is 0 Å². The van der Waals surface area contributed by atoms with Gasteiger partial charge in [0.15, 0.2) is 0 Å². The van der Waals surface area contributed by atoms with Crippen molar-refractivity contribution in [3.63, 3.8) is 0 Å². The first kappa shape index (κ1) is 15.0. The molecule has 1 rings (SSSR count). The SMILES string of the molecule is COC(=O)C(C)(C)COc1ccc(Br)cc1CN. The molecule has 5 heteroatoms. The summed E-state index contributed by atoms with van der Waals surface area (Å²) in [7, 11) is 1.37. The van der Waals surface area contributed by atoms with Crippen LogP contribution in [0.3, 0.4) is 0 Å². The van der Waals surface area contributed by atoms with Gasteiger partial charge in [-0.25, -0.2) is 0 Å². The number of rotatable bonds is 5. The average Bonchev–Trinajstić information content (AvgIpc) is 2.36. The number of halogens is 1. The summed E-state index contributed by atoms with van der Waals surface area (Å²) in [6, 6.07) is 5.61. The summed E-state index contributed by atoms with van der Waals surface area (Å²) in [5, 5.41) is 0. The monoisotopic (exact) mass is 315 g/mol. The van der Waals surface area contributed by atoms with Crippen molar-refractivity contribution in [3.8, 4) is 5.75 Å². The van der Waals surface area contributed by atoms with Crippen LogP contribution in [0.15, 0.2) is 22.7 Å². The number of esters is 1. The summed E-state index contributed by atoms with van der Waals surface area (Å²) in [6.07, 6.45) is 0. The van der Waals surface area contributed by atoms with Gasteiger partial charge in [-0.15, -0.1) is 0 Å². The molecule has 100 valence electrons. The number of hydrogen-bond donors (Lipinski definition) is 1. The normalized spacial score (nSPS) is 11.2. The van der Waals surface area contributed by atoms with Gasteiger partial charge >= 0.3 is 5.97 Å². The van der Waals surface area contributed by atoms with Gasteiger partial charge in [0.25, 0.3) is 0 Å². The molecule has 1 aromatic rings. The molecule has 0 unspecified atom stereocenters. The Kier molecular flexibility index (Phi) is 5.16.